The van der Waals surface area contributed by atoms with Gasteiger partial charge in [-0.1, -0.05) is 135 Å². The molecule has 0 spiro atoms. The van der Waals surface area contributed by atoms with Gasteiger partial charge in [0.25, 0.3) is 40.1 Å². The maximum atomic E-state index is 13.7. The van der Waals surface area contributed by atoms with Crippen LogP contribution in [0.3, 0.4) is 0 Å². The van der Waals surface area contributed by atoms with E-state index >= 15 is 0 Å². The molecule has 0 bridgehead atoms. The van der Waals surface area contributed by atoms with E-state index in [1.165, 1.54) is 116 Å². The van der Waals surface area contributed by atoms with Crippen molar-refractivity contribution in [3.8, 4) is 0 Å². The minimum Gasteiger partial charge on any atom is -0.465 e. The van der Waals surface area contributed by atoms with Crippen LogP contribution in [0.5, 0.6) is 0 Å². The minimum atomic E-state index is -4.34. The number of hydrogen-bond donors (Lipinski definition) is 2. The highest BCUT2D eigenvalue weighted by molar-refractivity contribution is 9.11. The predicted molar refractivity (Wildman–Crippen MR) is 499 cm³/mol. The predicted octanol–water partition coefficient (Wildman–Crippen LogP) is 27.3. The molecule has 0 aliphatic carbocycles. The maximum absolute atomic E-state index is 13.7. The van der Waals surface area contributed by atoms with E-state index in [1.807, 2.05) is 36.4 Å². The van der Waals surface area contributed by atoms with Gasteiger partial charge in [0, 0.05) is 111 Å². The van der Waals surface area contributed by atoms with E-state index in [0.717, 1.165) is 64.2 Å². The van der Waals surface area contributed by atoms with Crippen LogP contribution in [0.25, 0.3) is 40.3 Å². The lowest BCUT2D eigenvalue weighted by Crippen LogP contribution is -2.33. The fourth-order valence-corrected chi connectivity index (χ4v) is 25.9. The molecule has 0 saturated carbocycles. The summed E-state index contributed by atoms with van der Waals surface area (Å²) < 4.78 is 274. The second-order valence-electron chi connectivity index (χ2n) is 29.6. The Bertz CT molecular complexity index is 6190. The zero-order valence-corrected chi connectivity index (χ0v) is 79.3. The minimum absolute atomic E-state index is 0. The summed E-state index contributed by atoms with van der Waals surface area (Å²) in [6.45, 7) is 7.03. The van der Waals surface area contributed by atoms with Gasteiger partial charge in [0.1, 0.15) is 20.0 Å². The molecule has 0 saturated heterocycles. The number of alkyl halides is 12. The van der Waals surface area contributed by atoms with Gasteiger partial charge in [-0.3, -0.25) is 22.0 Å². The molecule has 128 heavy (non-hydrogen) atoms. The van der Waals surface area contributed by atoms with Gasteiger partial charge >= 0.3 is 30.7 Å². The van der Waals surface area contributed by atoms with Crippen LogP contribution in [0.15, 0.2) is 233 Å². The van der Waals surface area contributed by atoms with Crippen molar-refractivity contribution in [3.63, 3.8) is 0 Å². The number of thiophene rings is 4. The Kier molecular flexibility index (Phi) is 37.4. The SMILES string of the molecule is C.C.CC(=O)c1c(N(CCCCC(F)(F)F)S(=O)(=O)c2ccc(Br)cc2)sc2ccccc12.CC(C)(O)c1c(N(CCCCC(F)(F)F)S(=O)(=O)c2ccc(Br)cc2)sc2ccccc12.COC(=O)c1ccc(S(=O)(=O)N(CCCCC(F)(F)F)c2sc3ccccc3c2C(C)(C)O)cc1.O=S(=O)(c1ccc(Br)cc1)N(CCCCC(F)(F)F)c1cc2ccccc2s1. The van der Waals surface area contributed by atoms with Crippen molar-refractivity contribution in [2.45, 2.75) is 182 Å². The lowest BCUT2D eigenvalue weighted by Gasteiger charge is -2.28. The number of hydrogen-bond acceptors (Lipinski definition) is 17. The van der Waals surface area contributed by atoms with Crippen LogP contribution in [-0.2, 0) is 56.0 Å². The Morgan fingerprint density at radius 1 is 0.367 bits per heavy atom. The molecular weight excluding hydrogens is 2050 g/mol. The first kappa shape index (κ1) is 107. The third kappa shape index (κ3) is 28.6. The number of unbranched alkanes of at least 4 members (excludes halogenated alkanes) is 4. The van der Waals surface area contributed by atoms with Gasteiger partial charge in [0.2, 0.25) is 0 Å². The molecule has 2 N–H and O–H groups in total. The fourth-order valence-electron chi connectivity index (χ4n) is 13.1. The van der Waals surface area contributed by atoms with Crippen LogP contribution >= 0.6 is 93.1 Å². The molecule has 0 fully saturated rings. The zero-order chi connectivity index (χ0) is 92.9. The van der Waals surface area contributed by atoms with E-state index in [4.69, 9.17) is 0 Å². The first-order valence-electron chi connectivity index (χ1n) is 38.6. The van der Waals surface area contributed by atoms with E-state index in [9.17, 15) is 106 Å². The molecular formula is C88H93Br3F12N4O13S8. The van der Waals surface area contributed by atoms with E-state index in [1.54, 1.807) is 117 Å². The number of ether oxygens (including phenoxy) is 1. The normalized spacial score (nSPS) is 12.4. The highest BCUT2D eigenvalue weighted by Gasteiger charge is 2.39. The Labute approximate surface area is 778 Å². The Balaban J connectivity index is 0.000000233. The van der Waals surface area contributed by atoms with Crippen molar-refractivity contribution < 1.29 is 111 Å². The third-order valence-electron chi connectivity index (χ3n) is 19.0. The molecule has 0 aliphatic heterocycles. The summed E-state index contributed by atoms with van der Waals surface area (Å²) in [7, 11) is -15.1. The van der Waals surface area contributed by atoms with Crippen molar-refractivity contribution >= 4 is 205 Å². The topological polar surface area (TPSA) is 233 Å². The summed E-state index contributed by atoms with van der Waals surface area (Å²) in [6.07, 6.45) is -21.8. The Morgan fingerprint density at radius 3 is 0.953 bits per heavy atom. The Hall–Kier alpha value is -7.74. The number of nitrogens with zero attached hydrogens (tertiary/aromatic N) is 4. The number of carbonyl (C=O) groups is 2. The fraction of sp³-hybridized carbons (Fsp3) is 0.341. The molecule has 17 nitrogen and oxygen atoms in total. The van der Waals surface area contributed by atoms with Crippen molar-refractivity contribution in [1.29, 1.82) is 0 Å². The van der Waals surface area contributed by atoms with Crippen LogP contribution in [-0.4, -0.2) is 114 Å². The largest absolute Gasteiger partial charge is 0.465 e. The van der Waals surface area contributed by atoms with Crippen molar-refractivity contribution in [1.82, 2.24) is 0 Å². The molecule has 12 rings (SSSR count). The monoisotopic (exact) mass is 2130 g/mol. The van der Waals surface area contributed by atoms with Gasteiger partial charge in [0.05, 0.1) is 49.0 Å². The molecule has 0 atom stereocenters. The summed E-state index contributed by atoms with van der Waals surface area (Å²) in [5, 5.41) is 26.0. The number of aliphatic hydroxyl groups is 2. The number of rotatable bonds is 32. The van der Waals surface area contributed by atoms with Crippen molar-refractivity contribution in [2.75, 3.05) is 50.5 Å². The number of carbonyl (C=O) groups excluding carboxylic acids is 2. The molecule has 12 aromatic rings. The molecule has 4 aromatic heterocycles. The lowest BCUT2D eigenvalue weighted by molar-refractivity contribution is -0.136. The number of sulfonamides is 4. The number of ketones is 1. The van der Waals surface area contributed by atoms with E-state index < -0.39 is 108 Å². The van der Waals surface area contributed by atoms with Crippen LogP contribution in [0.4, 0.5) is 72.7 Å². The number of methoxy groups -OCH3 is 1. The van der Waals surface area contributed by atoms with Crippen LogP contribution in [0.2, 0.25) is 0 Å². The number of anilines is 4. The zero-order valence-electron chi connectivity index (χ0n) is 68.0. The summed E-state index contributed by atoms with van der Waals surface area (Å²) in [5.41, 5.74) is -1.56. The third-order valence-corrected chi connectivity index (χ3v) is 33.0. The van der Waals surface area contributed by atoms with Crippen LogP contribution in [0.1, 0.15) is 158 Å². The van der Waals surface area contributed by atoms with E-state index in [0.29, 0.717) is 46.2 Å². The first-order valence-corrected chi connectivity index (χ1v) is 50.0. The quantitative estimate of drug-likeness (QED) is 0.0173. The maximum Gasteiger partial charge on any atom is 0.389 e. The molecule has 696 valence electrons. The summed E-state index contributed by atoms with van der Waals surface area (Å²) in [4.78, 5) is 24.2. The molecule has 8 aromatic carbocycles. The number of benzene rings is 8. The average molecular weight is 2140 g/mol. The Morgan fingerprint density at radius 2 is 0.641 bits per heavy atom. The van der Waals surface area contributed by atoms with Gasteiger partial charge in [-0.15, -0.1) is 45.3 Å². The average Bonchev–Trinajstić information content (AvgIpc) is 1.60. The van der Waals surface area contributed by atoms with Gasteiger partial charge in [-0.05, 0) is 219 Å². The van der Waals surface area contributed by atoms with Crippen molar-refractivity contribution in [3.05, 3.63) is 236 Å². The number of esters is 1. The standard InChI is InChI=1S/C24H26F3NO5S2.C22H23BrF3NO3S2.C21H19BrF3NO3S2.C19H17BrF3NO2S2.2CH4/c1-23(2,30)20-18-8-4-5-9-19(18)34-21(20)28(15-7-6-14-24(25,26)27)35(31,32)17-12-10-16(11-13-17)22(29)33-3;1-21(2,28)19-17-7-3-4-8-18(17)31-20(19)27(14-6-5-13-22(24,25)26)32(29,30)16-11-9-15(23)10-12-16;1-14(27)19-17-6-2-3-7-18(17)30-20(19)26(13-5-4-12-21(23,24)25)31(28,29)16-10-8-15(22)9-11-16;20-15-7-9-16(10-8-15)28(25,26)24(12-4-3-11-19(21,22)23)18-13-14-5-1-2-6-17(14)27-18;;/h4-5,8-13,30H,6-7,14-15H2,1-3H3;3-4,7-12,28H,5-6,13-14H2,1-2H3;2-3,6-11H,4-5,12-13H2,1H3;1-2,5-10,13H,3-4,11-12H2;2*1H4. The number of Topliss-reactive ketones (excluding diaryl/α,β-unsaturated/α-hetero) is 1. The van der Waals surface area contributed by atoms with Gasteiger partial charge in [-0.25, -0.2) is 38.5 Å². The summed E-state index contributed by atoms with van der Waals surface area (Å²) in [6, 6.07) is 54.0. The molecule has 4 heterocycles. The molecule has 40 heteroatoms. The smallest absolute Gasteiger partial charge is 0.389 e. The summed E-state index contributed by atoms with van der Waals surface area (Å²) in [5.74, 6) is -0.939. The molecule has 0 aliphatic rings. The molecule has 0 radical (unpaired) electrons. The lowest BCUT2D eigenvalue weighted by atomic mass is 9.97. The van der Waals surface area contributed by atoms with E-state index in [2.05, 4.69) is 52.5 Å². The van der Waals surface area contributed by atoms with Crippen LogP contribution < -0.4 is 17.2 Å². The van der Waals surface area contributed by atoms with E-state index in [-0.39, 0.29) is 139 Å². The van der Waals surface area contributed by atoms with Crippen molar-refractivity contribution in [2.24, 2.45) is 0 Å². The van der Waals surface area contributed by atoms with Gasteiger partial charge < -0.3 is 14.9 Å². The first-order chi connectivity index (χ1) is 58.7. The molecule has 0 unspecified atom stereocenters. The van der Waals surface area contributed by atoms with Gasteiger partial charge in [-0.2, -0.15) is 52.7 Å². The van der Waals surface area contributed by atoms with Gasteiger partial charge in [0.15, 0.2) is 5.78 Å². The highest BCUT2D eigenvalue weighted by atomic mass is 79.9. The summed E-state index contributed by atoms with van der Waals surface area (Å²) >= 11 is 14.6. The second kappa shape index (κ2) is 44.7. The number of halogens is 15. The second-order valence-corrected chi connectivity index (χ2v) is 44.0. The molecule has 0 amide bonds. The van der Waals surface area contributed by atoms with Crippen LogP contribution in [0, 0.1) is 0 Å². The number of fused-ring (bicyclic) bond motifs is 4. The highest BCUT2D eigenvalue weighted by Crippen LogP contribution is 2.49.